The first-order valence-corrected chi connectivity index (χ1v) is 11.5. The molecule has 2 bridgehead atoms. The fraction of sp³-hybridized carbons (Fsp3) is 0.680. The molecule has 1 aromatic rings. The number of benzene rings is 1. The van der Waals surface area contributed by atoms with E-state index in [2.05, 4.69) is 31.0 Å². The number of rotatable bonds is 6. The molecule has 1 saturated carbocycles. The monoisotopic (exact) mass is 430 g/mol. The summed E-state index contributed by atoms with van der Waals surface area (Å²) in [5.41, 5.74) is 0.389. The second kappa shape index (κ2) is 7.79. The van der Waals surface area contributed by atoms with Gasteiger partial charge in [-0.15, -0.1) is 0 Å². The maximum absolute atomic E-state index is 14.5. The average molecular weight is 431 g/mol. The zero-order valence-electron chi connectivity index (χ0n) is 19.2. The number of hydrogen-bond donors (Lipinski definition) is 1. The third-order valence-electron chi connectivity index (χ3n) is 7.57. The molecule has 2 saturated heterocycles. The number of amides is 2. The second-order valence-electron chi connectivity index (χ2n) is 11.2. The van der Waals surface area contributed by atoms with E-state index in [1.54, 1.807) is 19.2 Å². The van der Waals surface area contributed by atoms with Crippen molar-refractivity contribution < 1.29 is 18.7 Å². The SMILES string of the molecule is COc1ccc(F)c(C[C@]2(CCC(=O)N3C[C@@]4(C)C[C@@H]3CC(C)(C)C4)CCC(=O)N2)c1. The normalized spacial score (nSPS) is 31.6. The van der Waals surface area contributed by atoms with Crippen LogP contribution in [0.1, 0.15) is 71.3 Å². The summed E-state index contributed by atoms with van der Waals surface area (Å²) < 4.78 is 19.7. The molecule has 3 aliphatic rings. The van der Waals surface area contributed by atoms with Crippen molar-refractivity contribution in [1.82, 2.24) is 10.2 Å². The number of hydrogen-bond acceptors (Lipinski definition) is 3. The van der Waals surface area contributed by atoms with E-state index in [9.17, 15) is 14.0 Å². The van der Waals surface area contributed by atoms with Crippen molar-refractivity contribution >= 4 is 11.8 Å². The molecule has 1 N–H and O–H groups in total. The molecule has 4 rings (SSSR count). The van der Waals surface area contributed by atoms with Crippen molar-refractivity contribution in [3.63, 3.8) is 0 Å². The minimum absolute atomic E-state index is 0.0259. The predicted molar refractivity (Wildman–Crippen MR) is 117 cm³/mol. The van der Waals surface area contributed by atoms with Gasteiger partial charge in [-0.1, -0.05) is 20.8 Å². The smallest absolute Gasteiger partial charge is 0.222 e. The van der Waals surface area contributed by atoms with Gasteiger partial charge in [0, 0.05) is 31.0 Å². The maximum atomic E-state index is 14.5. The second-order valence-corrected chi connectivity index (χ2v) is 11.2. The minimum Gasteiger partial charge on any atom is -0.497 e. The van der Waals surface area contributed by atoms with Crippen molar-refractivity contribution in [3.05, 3.63) is 29.6 Å². The van der Waals surface area contributed by atoms with Gasteiger partial charge in [0.05, 0.1) is 7.11 Å². The van der Waals surface area contributed by atoms with E-state index in [0.29, 0.717) is 49.5 Å². The largest absolute Gasteiger partial charge is 0.497 e. The Morgan fingerprint density at radius 3 is 2.74 bits per heavy atom. The molecule has 5 nitrogen and oxygen atoms in total. The first-order valence-electron chi connectivity index (χ1n) is 11.5. The van der Waals surface area contributed by atoms with Crippen LogP contribution in [0.5, 0.6) is 5.75 Å². The fourth-order valence-electron chi connectivity index (χ4n) is 6.60. The van der Waals surface area contributed by atoms with E-state index < -0.39 is 5.54 Å². The van der Waals surface area contributed by atoms with Crippen LogP contribution >= 0.6 is 0 Å². The van der Waals surface area contributed by atoms with E-state index in [1.807, 2.05) is 0 Å². The lowest BCUT2D eigenvalue weighted by Gasteiger charge is -2.39. The van der Waals surface area contributed by atoms with Gasteiger partial charge in [-0.2, -0.15) is 0 Å². The van der Waals surface area contributed by atoms with Crippen molar-refractivity contribution in [2.24, 2.45) is 10.8 Å². The summed E-state index contributed by atoms with van der Waals surface area (Å²) in [7, 11) is 1.55. The molecular formula is C25H35FN2O3. The van der Waals surface area contributed by atoms with Crippen LogP contribution in [0, 0.1) is 16.6 Å². The number of carbonyl (C=O) groups is 2. The first-order chi connectivity index (χ1) is 14.5. The highest BCUT2D eigenvalue weighted by Gasteiger charge is 2.51. The maximum Gasteiger partial charge on any atom is 0.222 e. The Balaban J connectivity index is 1.47. The molecule has 0 radical (unpaired) electrons. The Bertz CT molecular complexity index is 886. The molecular weight excluding hydrogens is 395 g/mol. The summed E-state index contributed by atoms with van der Waals surface area (Å²) in [6.45, 7) is 7.73. The fourth-order valence-corrected chi connectivity index (χ4v) is 6.60. The van der Waals surface area contributed by atoms with E-state index in [-0.39, 0.29) is 28.5 Å². The number of carbonyl (C=O) groups excluding carboxylic acids is 2. The lowest BCUT2D eigenvalue weighted by molar-refractivity contribution is -0.133. The Kier molecular flexibility index (Phi) is 5.55. The number of nitrogens with one attached hydrogen (secondary N) is 1. The van der Waals surface area contributed by atoms with Crippen LogP contribution in [0.25, 0.3) is 0 Å². The van der Waals surface area contributed by atoms with Gasteiger partial charge < -0.3 is 15.0 Å². The van der Waals surface area contributed by atoms with Gasteiger partial charge in [-0.25, -0.2) is 4.39 Å². The standard InChI is InChI=1S/C25H35FN2O3/c1-23(2)13-18-14-24(3,15-23)16-28(18)22(30)8-10-25(9-7-21(29)27-25)12-17-11-19(31-4)5-6-20(17)26/h5-6,11,18H,7-10,12-16H2,1-4H3,(H,27,29)/t18-,24-,25+/m0/s1. The number of methoxy groups -OCH3 is 1. The van der Waals surface area contributed by atoms with Gasteiger partial charge in [-0.3, -0.25) is 9.59 Å². The van der Waals surface area contributed by atoms with E-state index >= 15 is 0 Å². The summed E-state index contributed by atoms with van der Waals surface area (Å²) in [5, 5.41) is 3.08. The zero-order chi connectivity index (χ0) is 22.4. The number of nitrogens with zero attached hydrogens (tertiary/aromatic N) is 1. The predicted octanol–water partition coefficient (Wildman–Crippen LogP) is 4.23. The van der Waals surface area contributed by atoms with Crippen molar-refractivity contribution in [3.8, 4) is 5.75 Å². The van der Waals surface area contributed by atoms with Crippen LogP contribution in [0.15, 0.2) is 18.2 Å². The van der Waals surface area contributed by atoms with Crippen LogP contribution in [-0.2, 0) is 16.0 Å². The number of halogens is 1. The van der Waals surface area contributed by atoms with Crippen molar-refractivity contribution in [2.75, 3.05) is 13.7 Å². The molecule has 3 atom stereocenters. The number of likely N-dealkylation sites (tertiary alicyclic amines) is 1. The highest BCUT2D eigenvalue weighted by atomic mass is 19.1. The van der Waals surface area contributed by atoms with Gasteiger partial charge in [-0.05, 0) is 73.1 Å². The van der Waals surface area contributed by atoms with Gasteiger partial charge >= 0.3 is 0 Å². The first kappa shape index (κ1) is 22.1. The Labute approximate surface area is 184 Å². The summed E-state index contributed by atoms with van der Waals surface area (Å²) in [6, 6.07) is 4.99. The summed E-state index contributed by atoms with van der Waals surface area (Å²) >= 11 is 0. The molecule has 3 fully saturated rings. The summed E-state index contributed by atoms with van der Waals surface area (Å²) in [6.07, 6.45) is 5.57. The van der Waals surface area contributed by atoms with Crippen molar-refractivity contribution in [1.29, 1.82) is 0 Å². The number of fused-ring (bicyclic) bond motifs is 2. The highest BCUT2D eigenvalue weighted by Crippen LogP contribution is 2.52. The van der Waals surface area contributed by atoms with Gasteiger partial charge in [0.15, 0.2) is 0 Å². The lowest BCUT2D eigenvalue weighted by Crippen LogP contribution is -2.45. The molecule has 0 spiro atoms. The average Bonchev–Trinajstić information content (AvgIpc) is 3.17. The van der Waals surface area contributed by atoms with Crippen LogP contribution in [0.2, 0.25) is 0 Å². The minimum atomic E-state index is -0.585. The molecule has 31 heavy (non-hydrogen) atoms. The Morgan fingerprint density at radius 1 is 1.29 bits per heavy atom. The topological polar surface area (TPSA) is 58.6 Å². The third kappa shape index (κ3) is 4.58. The van der Waals surface area contributed by atoms with Crippen LogP contribution in [0.3, 0.4) is 0 Å². The molecule has 1 aliphatic carbocycles. The third-order valence-corrected chi connectivity index (χ3v) is 7.57. The van der Waals surface area contributed by atoms with E-state index in [1.165, 1.54) is 6.07 Å². The summed E-state index contributed by atoms with van der Waals surface area (Å²) in [5.74, 6) is 0.420. The van der Waals surface area contributed by atoms with Gasteiger partial charge in [0.25, 0.3) is 0 Å². The lowest BCUT2D eigenvalue weighted by atomic mass is 9.65. The van der Waals surface area contributed by atoms with E-state index in [4.69, 9.17) is 4.74 Å². The quantitative estimate of drug-likeness (QED) is 0.735. The molecule has 1 aromatic carbocycles. The van der Waals surface area contributed by atoms with Crippen LogP contribution < -0.4 is 10.1 Å². The van der Waals surface area contributed by atoms with Crippen LogP contribution in [0.4, 0.5) is 4.39 Å². The molecule has 170 valence electrons. The molecule has 2 aliphatic heterocycles. The highest BCUT2D eigenvalue weighted by molar-refractivity contribution is 5.80. The Hall–Kier alpha value is -2.11. The number of ether oxygens (including phenoxy) is 1. The van der Waals surface area contributed by atoms with Gasteiger partial charge in [0.2, 0.25) is 11.8 Å². The van der Waals surface area contributed by atoms with Crippen molar-refractivity contribution in [2.45, 2.75) is 83.7 Å². The van der Waals surface area contributed by atoms with Crippen LogP contribution in [-0.4, -0.2) is 41.9 Å². The Morgan fingerprint density at radius 2 is 2.06 bits per heavy atom. The van der Waals surface area contributed by atoms with Gasteiger partial charge in [0.1, 0.15) is 11.6 Å². The zero-order valence-corrected chi connectivity index (χ0v) is 19.2. The summed E-state index contributed by atoms with van der Waals surface area (Å²) in [4.78, 5) is 27.4. The molecule has 6 heteroatoms. The molecule has 0 aromatic heterocycles. The van der Waals surface area contributed by atoms with E-state index in [0.717, 1.165) is 25.8 Å². The molecule has 0 unspecified atom stereocenters. The molecule has 2 heterocycles. The molecule has 2 amide bonds.